The highest BCUT2D eigenvalue weighted by molar-refractivity contribution is 6.17. The van der Waals surface area contributed by atoms with Crippen LogP contribution < -0.4 is 4.90 Å². The Balaban J connectivity index is 2.14. The Hall–Kier alpha value is -1.61. The van der Waals surface area contributed by atoms with Crippen LogP contribution in [0.2, 0.25) is 0 Å². The number of pyridine rings is 1. The molecule has 1 aromatic heterocycles. The second-order valence-corrected chi connectivity index (χ2v) is 5.42. The Kier molecular flexibility index (Phi) is 3.62. The summed E-state index contributed by atoms with van der Waals surface area (Å²) in [5.41, 5.74) is 3.18. The number of hydrogen-bond donors (Lipinski definition) is 0. The van der Waals surface area contributed by atoms with E-state index in [1.807, 2.05) is 12.1 Å². The van der Waals surface area contributed by atoms with Gasteiger partial charge in [0.05, 0.1) is 12.1 Å². The van der Waals surface area contributed by atoms with Crippen LogP contribution >= 0.6 is 11.6 Å². The first-order chi connectivity index (χ1) is 9.70. The van der Waals surface area contributed by atoms with Crippen molar-refractivity contribution in [1.29, 1.82) is 0 Å². The van der Waals surface area contributed by atoms with E-state index in [1.54, 1.807) is 0 Å². The third kappa shape index (κ3) is 2.27. The van der Waals surface area contributed by atoms with E-state index >= 15 is 0 Å². The van der Waals surface area contributed by atoms with E-state index < -0.39 is 0 Å². The van der Waals surface area contributed by atoms with Crippen molar-refractivity contribution in [1.82, 2.24) is 4.98 Å². The molecule has 2 heterocycles. The Labute approximate surface area is 123 Å². The van der Waals surface area contributed by atoms with E-state index in [1.165, 1.54) is 17.8 Å². The van der Waals surface area contributed by atoms with Crippen LogP contribution in [-0.4, -0.2) is 11.0 Å². The molecule has 1 aliphatic rings. The third-order valence-corrected chi connectivity index (χ3v) is 4.09. The first-order valence-corrected chi connectivity index (χ1v) is 7.31. The fourth-order valence-corrected chi connectivity index (χ4v) is 3.00. The number of alkyl halides is 1. The standard InChI is InChI=1S/C16H16ClFN2/c1-11-6-7-12-4-2-3-5-15(12)20(11)16-13(9-17)8-14(18)10-19-16/h2-5,8,10-11H,6-7,9H2,1H3. The topological polar surface area (TPSA) is 16.1 Å². The van der Waals surface area contributed by atoms with Gasteiger partial charge in [0.25, 0.3) is 0 Å². The second-order valence-electron chi connectivity index (χ2n) is 5.16. The number of fused-ring (bicyclic) bond motifs is 1. The molecule has 2 nitrogen and oxygen atoms in total. The van der Waals surface area contributed by atoms with Gasteiger partial charge in [-0.1, -0.05) is 18.2 Å². The third-order valence-electron chi connectivity index (χ3n) is 3.81. The predicted octanol–water partition coefficient (Wildman–Crippen LogP) is 4.43. The van der Waals surface area contributed by atoms with Crippen LogP contribution in [0.3, 0.4) is 0 Å². The van der Waals surface area contributed by atoms with Gasteiger partial charge in [-0.3, -0.25) is 0 Å². The maximum atomic E-state index is 13.4. The summed E-state index contributed by atoms with van der Waals surface area (Å²) < 4.78 is 13.4. The van der Waals surface area contributed by atoms with E-state index in [9.17, 15) is 4.39 Å². The molecule has 0 N–H and O–H groups in total. The highest BCUT2D eigenvalue weighted by Crippen LogP contribution is 2.37. The SMILES string of the molecule is CC1CCc2ccccc2N1c1ncc(F)cc1CCl. The Bertz CT molecular complexity index is 630. The fourth-order valence-electron chi connectivity index (χ4n) is 2.80. The summed E-state index contributed by atoms with van der Waals surface area (Å²) in [5.74, 6) is 0.675. The molecule has 1 aromatic carbocycles. The van der Waals surface area contributed by atoms with Crippen molar-refractivity contribution >= 4 is 23.1 Å². The molecule has 1 atom stereocenters. The monoisotopic (exact) mass is 290 g/mol. The molecule has 1 aliphatic heterocycles. The smallest absolute Gasteiger partial charge is 0.141 e. The van der Waals surface area contributed by atoms with Crippen molar-refractivity contribution in [3.05, 3.63) is 53.5 Å². The minimum Gasteiger partial charge on any atom is -0.323 e. The van der Waals surface area contributed by atoms with Gasteiger partial charge in [0.15, 0.2) is 0 Å². The van der Waals surface area contributed by atoms with E-state index in [0.29, 0.717) is 6.04 Å². The lowest BCUT2D eigenvalue weighted by Crippen LogP contribution is -2.34. The first-order valence-electron chi connectivity index (χ1n) is 6.78. The van der Waals surface area contributed by atoms with Gasteiger partial charge in [0.2, 0.25) is 0 Å². The molecule has 0 saturated carbocycles. The second kappa shape index (κ2) is 5.41. The molecule has 3 rings (SSSR count). The van der Waals surface area contributed by atoms with Gasteiger partial charge in [-0.15, -0.1) is 11.6 Å². The van der Waals surface area contributed by atoms with Crippen molar-refractivity contribution in [3.8, 4) is 0 Å². The lowest BCUT2D eigenvalue weighted by atomic mass is 9.96. The molecule has 0 aliphatic carbocycles. The van der Waals surface area contributed by atoms with E-state index in [4.69, 9.17) is 11.6 Å². The van der Waals surface area contributed by atoms with Crippen LogP contribution in [0, 0.1) is 5.82 Å². The van der Waals surface area contributed by atoms with Crippen LogP contribution in [0.1, 0.15) is 24.5 Å². The van der Waals surface area contributed by atoms with Crippen molar-refractivity contribution in [2.45, 2.75) is 31.7 Å². The zero-order chi connectivity index (χ0) is 14.1. The molecule has 4 heteroatoms. The maximum absolute atomic E-state index is 13.4. The summed E-state index contributed by atoms with van der Waals surface area (Å²) in [5, 5.41) is 0. The normalized spacial score (nSPS) is 17.9. The highest BCUT2D eigenvalue weighted by Gasteiger charge is 2.26. The van der Waals surface area contributed by atoms with Gasteiger partial charge in [-0.05, 0) is 37.5 Å². The van der Waals surface area contributed by atoms with Gasteiger partial charge in [-0.25, -0.2) is 9.37 Å². The van der Waals surface area contributed by atoms with Gasteiger partial charge >= 0.3 is 0 Å². The maximum Gasteiger partial charge on any atom is 0.141 e. The van der Waals surface area contributed by atoms with Crippen LogP contribution in [0.15, 0.2) is 36.5 Å². The average Bonchev–Trinajstić information content (AvgIpc) is 2.48. The molecule has 20 heavy (non-hydrogen) atoms. The van der Waals surface area contributed by atoms with Crippen LogP contribution in [0.25, 0.3) is 0 Å². The number of hydrogen-bond acceptors (Lipinski definition) is 2. The van der Waals surface area contributed by atoms with Gasteiger partial charge in [0.1, 0.15) is 11.6 Å². The molecule has 0 fully saturated rings. The van der Waals surface area contributed by atoms with Crippen molar-refractivity contribution < 1.29 is 4.39 Å². The Morgan fingerprint density at radius 1 is 1.40 bits per heavy atom. The number of anilines is 2. The number of rotatable bonds is 2. The molecule has 1 unspecified atom stereocenters. The number of halogens is 2. The molecule has 104 valence electrons. The quantitative estimate of drug-likeness (QED) is 0.761. The predicted molar refractivity (Wildman–Crippen MR) is 80.1 cm³/mol. The summed E-state index contributed by atoms with van der Waals surface area (Å²) in [6.07, 6.45) is 3.37. The number of benzene rings is 1. The van der Waals surface area contributed by atoms with Gasteiger partial charge in [-0.2, -0.15) is 0 Å². The molecule has 0 radical (unpaired) electrons. The van der Waals surface area contributed by atoms with E-state index in [-0.39, 0.29) is 11.7 Å². The van der Waals surface area contributed by atoms with Gasteiger partial charge < -0.3 is 4.90 Å². The Morgan fingerprint density at radius 3 is 3.00 bits per heavy atom. The average molecular weight is 291 g/mol. The molecule has 0 amide bonds. The summed E-state index contributed by atoms with van der Waals surface area (Å²) >= 11 is 5.96. The van der Waals surface area contributed by atoms with Crippen LogP contribution in [-0.2, 0) is 12.3 Å². The number of para-hydroxylation sites is 1. The van der Waals surface area contributed by atoms with Crippen molar-refractivity contribution in [2.75, 3.05) is 4.90 Å². The highest BCUT2D eigenvalue weighted by atomic mass is 35.5. The largest absolute Gasteiger partial charge is 0.323 e. The minimum absolute atomic E-state index is 0.255. The van der Waals surface area contributed by atoms with Crippen molar-refractivity contribution in [3.63, 3.8) is 0 Å². The summed E-state index contributed by atoms with van der Waals surface area (Å²) in [6.45, 7) is 2.17. The van der Waals surface area contributed by atoms with Crippen LogP contribution in [0.5, 0.6) is 0 Å². The molecular weight excluding hydrogens is 275 g/mol. The zero-order valence-corrected chi connectivity index (χ0v) is 12.1. The summed E-state index contributed by atoms with van der Waals surface area (Å²) in [6, 6.07) is 10.1. The molecule has 0 bridgehead atoms. The summed E-state index contributed by atoms with van der Waals surface area (Å²) in [7, 11) is 0. The molecule has 0 spiro atoms. The van der Waals surface area contributed by atoms with Crippen LogP contribution in [0.4, 0.5) is 15.9 Å². The van der Waals surface area contributed by atoms with E-state index in [0.717, 1.165) is 29.9 Å². The first kappa shape index (κ1) is 13.4. The van der Waals surface area contributed by atoms with E-state index in [2.05, 4.69) is 28.9 Å². The molecule has 2 aromatic rings. The number of aromatic nitrogens is 1. The lowest BCUT2D eigenvalue weighted by molar-refractivity contribution is 0.600. The fraction of sp³-hybridized carbons (Fsp3) is 0.312. The zero-order valence-electron chi connectivity index (χ0n) is 11.3. The van der Waals surface area contributed by atoms with Gasteiger partial charge in [0, 0.05) is 17.3 Å². The molecule has 0 saturated heterocycles. The Morgan fingerprint density at radius 2 is 2.20 bits per heavy atom. The van der Waals surface area contributed by atoms with Crippen molar-refractivity contribution in [2.24, 2.45) is 0 Å². The summed E-state index contributed by atoms with van der Waals surface area (Å²) in [4.78, 5) is 6.47. The molecular formula is C16H16ClFN2. The minimum atomic E-state index is -0.345. The lowest BCUT2D eigenvalue weighted by Gasteiger charge is -2.37. The number of aryl methyl sites for hydroxylation is 1. The number of nitrogens with zero attached hydrogens (tertiary/aromatic N) is 2.